The number of rotatable bonds is 18. The first-order valence-electron chi connectivity index (χ1n) is 14.4. The number of hydrogen-bond acceptors (Lipinski definition) is 2. The Balaban J connectivity index is 1.88. The third kappa shape index (κ3) is 11.3. The van der Waals surface area contributed by atoms with Crippen LogP contribution in [0, 0.1) is 0 Å². The molecule has 0 heterocycles. The molecule has 196 valence electrons. The van der Waals surface area contributed by atoms with E-state index >= 15 is 0 Å². The molecule has 0 amide bonds. The van der Waals surface area contributed by atoms with Crippen molar-refractivity contribution in [1.29, 1.82) is 0 Å². The molecule has 2 rings (SSSR count). The number of unbranched alkanes of at least 4 members (excludes halogenated alkanes) is 4. The molecule has 2 aromatic carbocycles. The molecule has 0 spiro atoms. The topological polar surface area (TPSA) is 6.48 Å². The van der Waals surface area contributed by atoms with Crippen LogP contribution < -0.4 is 9.80 Å². The average molecular weight is 487 g/mol. The molecule has 36 heavy (non-hydrogen) atoms. The van der Waals surface area contributed by atoms with E-state index in [1.807, 2.05) is 0 Å². The lowest BCUT2D eigenvalue weighted by Crippen LogP contribution is -2.25. The SMILES string of the molecule is CCCCN(CCCC)c1ccc(C=CC=CC=Cc2ccc(N(CCCC)CCCC)cc2)cc1. The Hall–Kier alpha value is -2.74. The summed E-state index contributed by atoms with van der Waals surface area (Å²) in [4.78, 5) is 5.07. The zero-order valence-corrected chi connectivity index (χ0v) is 23.5. The first-order valence-corrected chi connectivity index (χ1v) is 14.4. The van der Waals surface area contributed by atoms with Crippen molar-refractivity contribution in [2.24, 2.45) is 0 Å². The summed E-state index contributed by atoms with van der Waals surface area (Å²) in [7, 11) is 0. The first kappa shape index (κ1) is 29.5. The summed E-state index contributed by atoms with van der Waals surface area (Å²) in [5.41, 5.74) is 5.17. The zero-order chi connectivity index (χ0) is 25.8. The second kappa shape index (κ2) is 18.5. The van der Waals surface area contributed by atoms with Crippen molar-refractivity contribution in [1.82, 2.24) is 0 Å². The Morgan fingerprint density at radius 3 is 1.03 bits per heavy atom. The highest BCUT2D eigenvalue weighted by molar-refractivity contribution is 5.59. The number of anilines is 2. The van der Waals surface area contributed by atoms with Crippen LogP contribution in [0.2, 0.25) is 0 Å². The van der Waals surface area contributed by atoms with Crippen LogP contribution in [-0.2, 0) is 0 Å². The van der Waals surface area contributed by atoms with Crippen LogP contribution in [0.4, 0.5) is 11.4 Å². The van der Waals surface area contributed by atoms with Gasteiger partial charge in [-0.3, -0.25) is 0 Å². The summed E-state index contributed by atoms with van der Waals surface area (Å²) in [6.07, 6.45) is 22.8. The Kier molecular flexibility index (Phi) is 15.2. The van der Waals surface area contributed by atoms with Crippen LogP contribution in [0.15, 0.2) is 72.8 Å². The molecule has 2 nitrogen and oxygen atoms in total. The van der Waals surface area contributed by atoms with Gasteiger partial charge in [-0.25, -0.2) is 0 Å². The summed E-state index contributed by atoms with van der Waals surface area (Å²) in [6.45, 7) is 13.7. The van der Waals surface area contributed by atoms with Crippen molar-refractivity contribution < 1.29 is 0 Å². The maximum Gasteiger partial charge on any atom is 0.0366 e. The van der Waals surface area contributed by atoms with Gasteiger partial charge in [-0.1, -0.05) is 114 Å². The lowest BCUT2D eigenvalue weighted by molar-refractivity contribution is 0.678. The van der Waals surface area contributed by atoms with E-state index in [-0.39, 0.29) is 0 Å². The second-order valence-corrected chi connectivity index (χ2v) is 9.67. The van der Waals surface area contributed by atoms with E-state index < -0.39 is 0 Å². The molecular formula is C34H50N2. The fraction of sp³-hybridized carbons (Fsp3) is 0.471. The van der Waals surface area contributed by atoms with Crippen molar-refractivity contribution in [3.63, 3.8) is 0 Å². The van der Waals surface area contributed by atoms with Crippen LogP contribution in [0.25, 0.3) is 12.2 Å². The maximum absolute atomic E-state index is 2.53. The van der Waals surface area contributed by atoms with E-state index in [4.69, 9.17) is 0 Å². The molecule has 0 N–H and O–H groups in total. The number of nitrogens with zero attached hydrogens (tertiary/aromatic N) is 2. The van der Waals surface area contributed by atoms with Gasteiger partial charge in [-0.15, -0.1) is 0 Å². The molecular weight excluding hydrogens is 436 g/mol. The van der Waals surface area contributed by atoms with Crippen LogP contribution in [0.5, 0.6) is 0 Å². The predicted octanol–water partition coefficient (Wildman–Crippen LogP) is 9.78. The van der Waals surface area contributed by atoms with Gasteiger partial charge >= 0.3 is 0 Å². The van der Waals surface area contributed by atoms with E-state index in [9.17, 15) is 0 Å². The van der Waals surface area contributed by atoms with Crippen LogP contribution >= 0.6 is 0 Å². The van der Waals surface area contributed by atoms with Crippen LogP contribution in [0.1, 0.15) is 90.2 Å². The highest BCUT2D eigenvalue weighted by Crippen LogP contribution is 2.19. The van der Waals surface area contributed by atoms with Crippen LogP contribution in [0.3, 0.4) is 0 Å². The largest absolute Gasteiger partial charge is 0.372 e. The van der Waals surface area contributed by atoms with E-state index in [0.29, 0.717) is 0 Å². The van der Waals surface area contributed by atoms with Crippen molar-refractivity contribution in [2.75, 3.05) is 36.0 Å². The van der Waals surface area contributed by atoms with E-state index in [2.05, 4.69) is 122 Å². The lowest BCUT2D eigenvalue weighted by Gasteiger charge is -2.24. The van der Waals surface area contributed by atoms with Crippen molar-refractivity contribution in [2.45, 2.75) is 79.1 Å². The summed E-state index contributed by atoms with van der Waals surface area (Å²) in [5.74, 6) is 0. The molecule has 0 aliphatic carbocycles. The minimum absolute atomic E-state index is 1.15. The monoisotopic (exact) mass is 486 g/mol. The molecule has 0 aliphatic rings. The summed E-state index contributed by atoms with van der Waals surface area (Å²) in [5, 5.41) is 0. The quantitative estimate of drug-likeness (QED) is 0.193. The van der Waals surface area contributed by atoms with E-state index in [1.165, 1.54) is 73.9 Å². The minimum Gasteiger partial charge on any atom is -0.372 e. The van der Waals surface area contributed by atoms with Gasteiger partial charge in [0.05, 0.1) is 0 Å². The summed E-state index contributed by atoms with van der Waals surface area (Å²) in [6, 6.07) is 18.0. The molecule has 2 heteroatoms. The van der Waals surface area contributed by atoms with Gasteiger partial charge in [0.2, 0.25) is 0 Å². The molecule has 0 bridgehead atoms. The molecule has 2 aromatic rings. The molecule has 0 fully saturated rings. The van der Waals surface area contributed by atoms with Crippen molar-refractivity contribution >= 4 is 23.5 Å². The number of hydrogen-bond donors (Lipinski definition) is 0. The zero-order valence-electron chi connectivity index (χ0n) is 23.5. The van der Waals surface area contributed by atoms with Gasteiger partial charge in [0, 0.05) is 37.6 Å². The van der Waals surface area contributed by atoms with Gasteiger partial charge in [0.15, 0.2) is 0 Å². The highest BCUT2D eigenvalue weighted by Gasteiger charge is 2.06. The molecule has 0 unspecified atom stereocenters. The third-order valence-electron chi connectivity index (χ3n) is 6.55. The minimum atomic E-state index is 1.15. The second-order valence-electron chi connectivity index (χ2n) is 9.67. The van der Waals surface area contributed by atoms with E-state index in [0.717, 1.165) is 26.2 Å². The van der Waals surface area contributed by atoms with Gasteiger partial charge in [0.1, 0.15) is 0 Å². The lowest BCUT2D eigenvalue weighted by atomic mass is 10.1. The summed E-state index contributed by atoms with van der Waals surface area (Å²) < 4.78 is 0. The fourth-order valence-corrected chi connectivity index (χ4v) is 4.19. The number of benzene rings is 2. The highest BCUT2D eigenvalue weighted by atomic mass is 15.1. The van der Waals surface area contributed by atoms with E-state index in [1.54, 1.807) is 0 Å². The smallest absolute Gasteiger partial charge is 0.0366 e. The van der Waals surface area contributed by atoms with Crippen molar-refractivity contribution in [3.8, 4) is 0 Å². The molecule has 0 atom stereocenters. The molecule has 0 aliphatic heterocycles. The Morgan fingerprint density at radius 1 is 0.444 bits per heavy atom. The van der Waals surface area contributed by atoms with Crippen molar-refractivity contribution in [3.05, 3.63) is 84.0 Å². The fourth-order valence-electron chi connectivity index (χ4n) is 4.19. The standard InChI is InChI=1S/C34H50N2/c1-5-9-27-35(28-10-6-2)33-23-19-31(20-24-33)17-15-13-14-16-18-32-21-25-34(26-22-32)36(29-11-7-3)30-12-8-4/h13-26H,5-12,27-30H2,1-4H3. The third-order valence-corrected chi connectivity index (χ3v) is 6.55. The van der Waals surface area contributed by atoms with Gasteiger partial charge in [-0.2, -0.15) is 0 Å². The average Bonchev–Trinajstić information content (AvgIpc) is 2.92. The van der Waals surface area contributed by atoms with Gasteiger partial charge in [-0.05, 0) is 61.1 Å². The van der Waals surface area contributed by atoms with Crippen LogP contribution in [-0.4, -0.2) is 26.2 Å². The molecule has 0 saturated heterocycles. The Labute approximate surface area is 222 Å². The Morgan fingerprint density at radius 2 is 0.750 bits per heavy atom. The maximum atomic E-state index is 2.53. The molecule has 0 aromatic heterocycles. The van der Waals surface area contributed by atoms with Gasteiger partial charge < -0.3 is 9.80 Å². The number of allylic oxidation sites excluding steroid dienone is 4. The first-order chi connectivity index (χ1) is 17.7. The predicted molar refractivity (Wildman–Crippen MR) is 164 cm³/mol. The Bertz CT molecular complexity index is 798. The molecule has 0 radical (unpaired) electrons. The summed E-state index contributed by atoms with van der Waals surface area (Å²) >= 11 is 0. The normalized spacial score (nSPS) is 11.8. The van der Waals surface area contributed by atoms with Gasteiger partial charge in [0.25, 0.3) is 0 Å². The molecule has 0 saturated carbocycles.